The number of anilines is 1. The van der Waals surface area contributed by atoms with E-state index in [1.807, 2.05) is 12.1 Å². The normalized spacial score (nSPS) is 22.7. The SMILES string of the molecule is CC1CCN1Cc1ccccc1N. The summed E-state index contributed by atoms with van der Waals surface area (Å²) in [6, 6.07) is 8.86. The van der Waals surface area contributed by atoms with Gasteiger partial charge in [0.15, 0.2) is 0 Å². The lowest BCUT2D eigenvalue weighted by atomic mass is 10.0. The predicted molar refractivity (Wildman–Crippen MR) is 55.3 cm³/mol. The van der Waals surface area contributed by atoms with Crippen molar-refractivity contribution in [2.24, 2.45) is 0 Å². The van der Waals surface area contributed by atoms with Crippen molar-refractivity contribution in [3.8, 4) is 0 Å². The minimum Gasteiger partial charge on any atom is -0.398 e. The minimum atomic E-state index is 0.736. The van der Waals surface area contributed by atoms with Crippen molar-refractivity contribution >= 4 is 5.69 Å². The van der Waals surface area contributed by atoms with Crippen LogP contribution in [0.15, 0.2) is 24.3 Å². The van der Waals surface area contributed by atoms with Crippen molar-refractivity contribution < 1.29 is 0 Å². The zero-order chi connectivity index (χ0) is 9.26. The van der Waals surface area contributed by atoms with Crippen LogP contribution in [0.2, 0.25) is 0 Å². The van der Waals surface area contributed by atoms with E-state index in [4.69, 9.17) is 5.73 Å². The maximum Gasteiger partial charge on any atom is 0.0359 e. The van der Waals surface area contributed by atoms with Crippen molar-refractivity contribution in [3.05, 3.63) is 29.8 Å². The molecule has 70 valence electrons. The molecule has 1 aliphatic rings. The smallest absolute Gasteiger partial charge is 0.0359 e. The van der Waals surface area contributed by atoms with E-state index in [2.05, 4.69) is 24.0 Å². The van der Waals surface area contributed by atoms with Crippen LogP contribution in [-0.2, 0) is 6.54 Å². The summed E-state index contributed by atoms with van der Waals surface area (Å²) in [7, 11) is 0. The highest BCUT2D eigenvalue weighted by atomic mass is 15.2. The molecule has 0 aliphatic carbocycles. The second-order valence-electron chi connectivity index (χ2n) is 3.81. The molecule has 1 saturated heterocycles. The van der Waals surface area contributed by atoms with Crippen LogP contribution in [0.25, 0.3) is 0 Å². The first-order valence-electron chi connectivity index (χ1n) is 4.85. The summed E-state index contributed by atoms with van der Waals surface area (Å²) < 4.78 is 0. The van der Waals surface area contributed by atoms with Crippen molar-refractivity contribution in [1.82, 2.24) is 4.90 Å². The second-order valence-corrected chi connectivity index (χ2v) is 3.81. The molecule has 2 N–H and O–H groups in total. The molecule has 2 nitrogen and oxygen atoms in total. The first kappa shape index (κ1) is 8.57. The monoisotopic (exact) mass is 176 g/mol. The Balaban J connectivity index is 2.05. The molecule has 0 amide bonds. The molecule has 2 heteroatoms. The molecule has 1 aromatic rings. The number of likely N-dealkylation sites (tertiary alicyclic amines) is 1. The largest absolute Gasteiger partial charge is 0.398 e. The Labute approximate surface area is 79.4 Å². The third kappa shape index (κ3) is 1.68. The summed E-state index contributed by atoms with van der Waals surface area (Å²) in [5.74, 6) is 0. The van der Waals surface area contributed by atoms with Crippen LogP contribution in [-0.4, -0.2) is 17.5 Å². The third-order valence-electron chi connectivity index (χ3n) is 2.89. The Morgan fingerprint density at radius 3 is 2.77 bits per heavy atom. The summed E-state index contributed by atoms with van der Waals surface area (Å²) in [4.78, 5) is 2.45. The zero-order valence-corrected chi connectivity index (χ0v) is 8.03. The Kier molecular flexibility index (Phi) is 2.23. The van der Waals surface area contributed by atoms with Crippen LogP contribution < -0.4 is 5.73 Å². The van der Waals surface area contributed by atoms with E-state index in [0.717, 1.165) is 18.3 Å². The molecule has 13 heavy (non-hydrogen) atoms. The Bertz CT molecular complexity index is 296. The highest BCUT2D eigenvalue weighted by Crippen LogP contribution is 2.22. The molecule has 0 spiro atoms. The van der Waals surface area contributed by atoms with Crippen LogP contribution in [0.4, 0.5) is 5.69 Å². The van der Waals surface area contributed by atoms with Gasteiger partial charge in [-0.25, -0.2) is 0 Å². The van der Waals surface area contributed by atoms with E-state index in [1.165, 1.54) is 18.5 Å². The molecule has 2 rings (SSSR count). The summed E-state index contributed by atoms with van der Waals surface area (Å²) >= 11 is 0. The molecule has 1 unspecified atom stereocenters. The van der Waals surface area contributed by atoms with E-state index in [1.54, 1.807) is 0 Å². The summed E-state index contributed by atoms with van der Waals surface area (Å²) in [5, 5.41) is 0. The minimum absolute atomic E-state index is 0.736. The van der Waals surface area contributed by atoms with Gasteiger partial charge in [-0.1, -0.05) is 18.2 Å². The van der Waals surface area contributed by atoms with Crippen LogP contribution >= 0.6 is 0 Å². The lowest BCUT2D eigenvalue weighted by molar-refractivity contribution is 0.0962. The molecular weight excluding hydrogens is 160 g/mol. The third-order valence-corrected chi connectivity index (χ3v) is 2.89. The highest BCUT2D eigenvalue weighted by Gasteiger charge is 2.23. The Hall–Kier alpha value is -1.02. The van der Waals surface area contributed by atoms with Gasteiger partial charge >= 0.3 is 0 Å². The average Bonchev–Trinajstić information content (AvgIpc) is 2.14. The fraction of sp³-hybridized carbons (Fsp3) is 0.455. The average molecular weight is 176 g/mol. The Morgan fingerprint density at radius 2 is 2.23 bits per heavy atom. The van der Waals surface area contributed by atoms with Gasteiger partial charge in [-0.2, -0.15) is 0 Å². The topological polar surface area (TPSA) is 29.3 Å². The van der Waals surface area contributed by atoms with Crippen LogP contribution in [0.5, 0.6) is 0 Å². The molecule has 0 aromatic heterocycles. The summed E-state index contributed by atoms with van der Waals surface area (Å²) in [6.07, 6.45) is 1.33. The number of para-hydroxylation sites is 1. The number of hydrogen-bond acceptors (Lipinski definition) is 2. The molecule has 0 saturated carbocycles. The second kappa shape index (κ2) is 3.38. The number of hydrogen-bond donors (Lipinski definition) is 1. The molecule has 1 aromatic carbocycles. The number of rotatable bonds is 2. The lowest BCUT2D eigenvalue weighted by Crippen LogP contribution is -2.44. The summed E-state index contributed by atoms with van der Waals surface area (Å²) in [5.41, 5.74) is 8.04. The van der Waals surface area contributed by atoms with Crippen LogP contribution in [0, 0.1) is 0 Å². The van der Waals surface area contributed by atoms with Gasteiger partial charge in [-0.05, 0) is 25.0 Å². The quantitative estimate of drug-likeness (QED) is 0.697. The number of nitrogens with zero attached hydrogens (tertiary/aromatic N) is 1. The zero-order valence-electron chi connectivity index (χ0n) is 8.03. The fourth-order valence-corrected chi connectivity index (χ4v) is 1.70. The van der Waals surface area contributed by atoms with E-state index < -0.39 is 0 Å². The van der Waals surface area contributed by atoms with Gasteiger partial charge in [-0.15, -0.1) is 0 Å². The van der Waals surface area contributed by atoms with Gasteiger partial charge in [0.05, 0.1) is 0 Å². The number of benzene rings is 1. The maximum absolute atomic E-state index is 5.87. The lowest BCUT2D eigenvalue weighted by Gasteiger charge is -2.38. The molecule has 1 atom stereocenters. The number of nitrogens with two attached hydrogens (primary N) is 1. The number of nitrogen functional groups attached to an aromatic ring is 1. The van der Waals surface area contributed by atoms with E-state index >= 15 is 0 Å². The highest BCUT2D eigenvalue weighted by molar-refractivity contribution is 5.46. The van der Waals surface area contributed by atoms with Crippen molar-refractivity contribution in [2.75, 3.05) is 12.3 Å². The van der Waals surface area contributed by atoms with Gasteiger partial charge in [-0.3, -0.25) is 4.90 Å². The first-order valence-corrected chi connectivity index (χ1v) is 4.85. The summed E-state index contributed by atoms with van der Waals surface area (Å²) in [6.45, 7) is 4.49. The van der Waals surface area contributed by atoms with Crippen molar-refractivity contribution in [1.29, 1.82) is 0 Å². The molecule has 1 fully saturated rings. The predicted octanol–water partition coefficient (Wildman–Crippen LogP) is 1.86. The molecule has 1 aliphatic heterocycles. The van der Waals surface area contributed by atoms with Gasteiger partial charge in [0.25, 0.3) is 0 Å². The maximum atomic E-state index is 5.87. The van der Waals surface area contributed by atoms with E-state index in [9.17, 15) is 0 Å². The Morgan fingerprint density at radius 1 is 1.46 bits per heavy atom. The van der Waals surface area contributed by atoms with E-state index in [0.29, 0.717) is 0 Å². The fourth-order valence-electron chi connectivity index (χ4n) is 1.70. The van der Waals surface area contributed by atoms with Crippen molar-refractivity contribution in [3.63, 3.8) is 0 Å². The van der Waals surface area contributed by atoms with Gasteiger partial charge < -0.3 is 5.73 Å². The molecule has 1 heterocycles. The van der Waals surface area contributed by atoms with E-state index in [-0.39, 0.29) is 0 Å². The standard InChI is InChI=1S/C11H16N2/c1-9-6-7-13(9)8-10-4-2-3-5-11(10)12/h2-5,9H,6-8,12H2,1H3. The van der Waals surface area contributed by atoms with Gasteiger partial charge in [0.2, 0.25) is 0 Å². The first-order chi connectivity index (χ1) is 6.27. The molecule has 0 bridgehead atoms. The van der Waals surface area contributed by atoms with Gasteiger partial charge in [0.1, 0.15) is 0 Å². The van der Waals surface area contributed by atoms with Crippen LogP contribution in [0.1, 0.15) is 18.9 Å². The molecular formula is C11H16N2. The van der Waals surface area contributed by atoms with Crippen molar-refractivity contribution in [2.45, 2.75) is 25.9 Å². The molecule has 0 radical (unpaired) electrons. The van der Waals surface area contributed by atoms with Crippen LogP contribution in [0.3, 0.4) is 0 Å². The van der Waals surface area contributed by atoms with Gasteiger partial charge in [0, 0.05) is 24.8 Å².